The average molecular weight is 346 g/mol. The van der Waals surface area contributed by atoms with Crippen molar-refractivity contribution >= 4 is 11.8 Å². The van der Waals surface area contributed by atoms with Crippen LogP contribution < -0.4 is 5.32 Å². The first-order valence-electron chi connectivity index (χ1n) is 9.71. The summed E-state index contributed by atoms with van der Waals surface area (Å²) in [5.74, 6) is 1.03. The van der Waals surface area contributed by atoms with Crippen molar-refractivity contribution in [3.63, 3.8) is 0 Å². The van der Waals surface area contributed by atoms with Gasteiger partial charge in [-0.3, -0.25) is 9.59 Å². The maximum atomic E-state index is 12.8. The molecule has 2 heterocycles. The summed E-state index contributed by atoms with van der Waals surface area (Å²) in [5.41, 5.74) is 0. The summed E-state index contributed by atoms with van der Waals surface area (Å²) in [6.45, 7) is 5.22. The second kappa shape index (κ2) is 8.50. The summed E-state index contributed by atoms with van der Waals surface area (Å²) in [4.78, 5) is 31.6. The molecule has 2 atom stereocenters. The molecule has 1 aliphatic heterocycles. The van der Waals surface area contributed by atoms with Gasteiger partial charge in [-0.1, -0.05) is 12.8 Å². The highest BCUT2D eigenvalue weighted by molar-refractivity contribution is 5.88. The number of nitrogens with one attached hydrogen (secondary N) is 1. The van der Waals surface area contributed by atoms with E-state index in [1.807, 2.05) is 18.0 Å². The monoisotopic (exact) mass is 346 g/mol. The molecule has 2 amide bonds. The smallest absolute Gasteiger partial charge is 0.226 e. The van der Waals surface area contributed by atoms with Crippen LogP contribution >= 0.6 is 0 Å². The normalized spacial score (nSPS) is 23.6. The molecule has 138 valence electrons. The summed E-state index contributed by atoms with van der Waals surface area (Å²) in [5, 5.41) is 3.07. The van der Waals surface area contributed by atoms with Crippen LogP contribution in [-0.2, 0) is 16.1 Å². The number of aromatic nitrogens is 2. The maximum Gasteiger partial charge on any atom is 0.226 e. The Kier molecular flexibility index (Phi) is 6.10. The highest BCUT2D eigenvalue weighted by Gasteiger charge is 2.38. The van der Waals surface area contributed by atoms with Crippen molar-refractivity contribution in [2.45, 2.75) is 58.4 Å². The molecule has 1 aliphatic carbocycles. The molecule has 1 saturated heterocycles. The fraction of sp³-hybridized carbons (Fsp3) is 0.737. The molecule has 0 radical (unpaired) electrons. The molecule has 0 bridgehead atoms. The highest BCUT2D eigenvalue weighted by atomic mass is 16.2. The molecule has 1 saturated carbocycles. The third-order valence-corrected chi connectivity index (χ3v) is 5.64. The number of imidazole rings is 1. The van der Waals surface area contributed by atoms with E-state index in [2.05, 4.69) is 14.9 Å². The number of hydrogen-bond acceptors (Lipinski definition) is 3. The number of carbonyl (C=O) groups excluding carboxylic acids is 2. The summed E-state index contributed by atoms with van der Waals surface area (Å²) in [7, 11) is 0. The Bertz CT molecular complexity index is 592. The Morgan fingerprint density at radius 2 is 1.88 bits per heavy atom. The van der Waals surface area contributed by atoms with Gasteiger partial charge in [0.05, 0.1) is 0 Å². The van der Waals surface area contributed by atoms with E-state index in [1.165, 1.54) is 0 Å². The van der Waals surface area contributed by atoms with E-state index in [0.29, 0.717) is 6.54 Å². The number of amides is 2. The highest BCUT2D eigenvalue weighted by Crippen LogP contribution is 2.32. The molecule has 0 unspecified atom stereocenters. The number of hydrogen-bond donors (Lipinski definition) is 1. The van der Waals surface area contributed by atoms with Gasteiger partial charge in [0.1, 0.15) is 5.82 Å². The molecule has 3 rings (SSSR count). The lowest BCUT2D eigenvalue weighted by Crippen LogP contribution is -2.44. The SMILES string of the molecule is Cc1nccn1CCCNC(=O)[C@H]1CCCC[C@H]1C(=O)N1CCCC1. The second-order valence-electron chi connectivity index (χ2n) is 7.34. The number of aryl methyl sites for hydroxylation is 2. The van der Waals surface area contributed by atoms with Crippen molar-refractivity contribution in [2.24, 2.45) is 11.8 Å². The lowest BCUT2D eigenvalue weighted by atomic mass is 9.78. The summed E-state index contributed by atoms with van der Waals surface area (Å²) >= 11 is 0. The van der Waals surface area contributed by atoms with Crippen LogP contribution in [0.5, 0.6) is 0 Å². The molecule has 1 aromatic rings. The van der Waals surface area contributed by atoms with E-state index in [-0.39, 0.29) is 23.7 Å². The Balaban J connectivity index is 1.48. The van der Waals surface area contributed by atoms with Crippen molar-refractivity contribution in [2.75, 3.05) is 19.6 Å². The average Bonchev–Trinajstić information content (AvgIpc) is 3.30. The van der Waals surface area contributed by atoms with Gasteiger partial charge in [0, 0.05) is 50.4 Å². The molecule has 2 fully saturated rings. The molecular formula is C19H30N4O2. The molecule has 0 aromatic carbocycles. The van der Waals surface area contributed by atoms with Crippen LogP contribution in [0.25, 0.3) is 0 Å². The van der Waals surface area contributed by atoms with E-state index in [0.717, 1.165) is 70.4 Å². The lowest BCUT2D eigenvalue weighted by molar-refractivity contribution is -0.142. The minimum atomic E-state index is -0.142. The molecule has 2 aliphatic rings. The number of carbonyl (C=O) groups is 2. The van der Waals surface area contributed by atoms with E-state index in [4.69, 9.17) is 0 Å². The zero-order valence-electron chi connectivity index (χ0n) is 15.2. The third-order valence-electron chi connectivity index (χ3n) is 5.64. The zero-order valence-corrected chi connectivity index (χ0v) is 15.2. The Morgan fingerprint density at radius 3 is 2.56 bits per heavy atom. The van der Waals surface area contributed by atoms with Crippen molar-refractivity contribution in [1.82, 2.24) is 19.8 Å². The minimum Gasteiger partial charge on any atom is -0.356 e. The van der Waals surface area contributed by atoms with Crippen LogP contribution in [0.4, 0.5) is 0 Å². The minimum absolute atomic E-state index is 0.0691. The molecule has 1 aromatic heterocycles. The topological polar surface area (TPSA) is 67.2 Å². The fourth-order valence-electron chi connectivity index (χ4n) is 4.14. The fourth-order valence-corrected chi connectivity index (χ4v) is 4.14. The summed E-state index contributed by atoms with van der Waals surface area (Å²) in [6.07, 6.45) is 10.7. The van der Waals surface area contributed by atoms with Gasteiger partial charge in [0.2, 0.25) is 11.8 Å². The van der Waals surface area contributed by atoms with Gasteiger partial charge in [0.15, 0.2) is 0 Å². The molecule has 6 heteroatoms. The van der Waals surface area contributed by atoms with Crippen LogP contribution in [0.15, 0.2) is 12.4 Å². The van der Waals surface area contributed by atoms with Gasteiger partial charge in [-0.05, 0) is 39.0 Å². The van der Waals surface area contributed by atoms with Crippen molar-refractivity contribution < 1.29 is 9.59 Å². The maximum absolute atomic E-state index is 12.8. The first kappa shape index (κ1) is 18.0. The van der Waals surface area contributed by atoms with Gasteiger partial charge in [-0.15, -0.1) is 0 Å². The van der Waals surface area contributed by atoms with Crippen LogP contribution in [0.3, 0.4) is 0 Å². The Labute approximate surface area is 150 Å². The van der Waals surface area contributed by atoms with Gasteiger partial charge < -0.3 is 14.8 Å². The molecule has 1 N–H and O–H groups in total. The molecule has 6 nitrogen and oxygen atoms in total. The van der Waals surface area contributed by atoms with Crippen molar-refractivity contribution in [3.8, 4) is 0 Å². The molecule has 0 spiro atoms. The van der Waals surface area contributed by atoms with E-state index in [1.54, 1.807) is 6.20 Å². The van der Waals surface area contributed by atoms with E-state index >= 15 is 0 Å². The number of likely N-dealkylation sites (tertiary alicyclic amines) is 1. The summed E-state index contributed by atoms with van der Waals surface area (Å²) in [6, 6.07) is 0. The molecular weight excluding hydrogens is 316 g/mol. The summed E-state index contributed by atoms with van der Waals surface area (Å²) < 4.78 is 2.09. The van der Waals surface area contributed by atoms with E-state index in [9.17, 15) is 9.59 Å². The van der Waals surface area contributed by atoms with E-state index < -0.39 is 0 Å². The van der Waals surface area contributed by atoms with Gasteiger partial charge in [-0.2, -0.15) is 0 Å². The Morgan fingerprint density at radius 1 is 1.16 bits per heavy atom. The first-order valence-corrected chi connectivity index (χ1v) is 9.71. The number of rotatable bonds is 6. The predicted molar refractivity (Wildman–Crippen MR) is 95.9 cm³/mol. The molecule has 25 heavy (non-hydrogen) atoms. The third kappa shape index (κ3) is 4.41. The van der Waals surface area contributed by atoms with Gasteiger partial charge in [0.25, 0.3) is 0 Å². The zero-order chi connectivity index (χ0) is 17.6. The lowest BCUT2D eigenvalue weighted by Gasteiger charge is -2.32. The van der Waals surface area contributed by atoms with Crippen LogP contribution in [0, 0.1) is 18.8 Å². The van der Waals surface area contributed by atoms with Crippen LogP contribution in [0.1, 0.15) is 50.8 Å². The number of nitrogens with zero attached hydrogens (tertiary/aromatic N) is 3. The Hall–Kier alpha value is -1.85. The standard InChI is InChI=1S/C19H30N4O2/c1-15-20-10-14-22(15)13-6-9-21-18(24)16-7-2-3-8-17(16)19(25)23-11-4-5-12-23/h10,14,16-17H,2-9,11-13H2,1H3,(H,21,24)/t16-,17+/m0/s1. The largest absolute Gasteiger partial charge is 0.356 e. The van der Waals surface area contributed by atoms with Crippen molar-refractivity contribution in [3.05, 3.63) is 18.2 Å². The van der Waals surface area contributed by atoms with Crippen LogP contribution in [-0.4, -0.2) is 45.9 Å². The first-order chi connectivity index (χ1) is 12.2. The second-order valence-corrected chi connectivity index (χ2v) is 7.34. The predicted octanol–water partition coefficient (Wildman–Crippen LogP) is 2.13. The van der Waals surface area contributed by atoms with Crippen LogP contribution in [0.2, 0.25) is 0 Å². The van der Waals surface area contributed by atoms with Crippen molar-refractivity contribution in [1.29, 1.82) is 0 Å². The van der Waals surface area contributed by atoms with Gasteiger partial charge >= 0.3 is 0 Å². The quantitative estimate of drug-likeness (QED) is 0.803. The van der Waals surface area contributed by atoms with Gasteiger partial charge in [-0.25, -0.2) is 4.98 Å².